The highest BCUT2D eigenvalue weighted by Crippen LogP contribution is 2.36. The van der Waals surface area contributed by atoms with Crippen LogP contribution in [0.2, 0.25) is 5.02 Å². The lowest BCUT2D eigenvalue weighted by Gasteiger charge is -2.25. The van der Waals surface area contributed by atoms with Crippen molar-refractivity contribution in [3.63, 3.8) is 0 Å². The second kappa shape index (κ2) is 6.17. The standard InChI is InChI=1S/C18H19ClFN/c1-2-21-18(16-8-7-15(19)11-17(16)20)14-9-12-5-3-4-6-13(12)10-14/h3-8,11,14,18,21H,2,9-10H2,1H3. The Morgan fingerprint density at radius 2 is 1.86 bits per heavy atom. The highest BCUT2D eigenvalue weighted by atomic mass is 35.5. The number of benzene rings is 2. The molecule has 1 unspecified atom stereocenters. The van der Waals surface area contributed by atoms with E-state index in [1.807, 2.05) is 6.07 Å². The van der Waals surface area contributed by atoms with Crippen LogP contribution in [0.25, 0.3) is 0 Å². The van der Waals surface area contributed by atoms with Crippen molar-refractivity contribution < 1.29 is 4.39 Å². The van der Waals surface area contributed by atoms with Crippen molar-refractivity contribution in [3.05, 3.63) is 70.0 Å². The van der Waals surface area contributed by atoms with Crippen LogP contribution in [0.4, 0.5) is 4.39 Å². The number of nitrogens with one attached hydrogen (secondary N) is 1. The number of hydrogen-bond acceptors (Lipinski definition) is 1. The summed E-state index contributed by atoms with van der Waals surface area (Å²) < 4.78 is 14.3. The number of hydrogen-bond donors (Lipinski definition) is 1. The summed E-state index contributed by atoms with van der Waals surface area (Å²) in [5, 5.41) is 3.90. The molecule has 3 rings (SSSR count). The molecule has 0 saturated heterocycles. The summed E-state index contributed by atoms with van der Waals surface area (Å²) in [5.41, 5.74) is 3.50. The molecule has 21 heavy (non-hydrogen) atoms. The first kappa shape index (κ1) is 14.6. The van der Waals surface area contributed by atoms with Crippen LogP contribution in [-0.4, -0.2) is 6.54 Å². The maximum absolute atomic E-state index is 14.3. The molecule has 2 aromatic rings. The van der Waals surface area contributed by atoms with E-state index in [2.05, 4.69) is 36.5 Å². The zero-order valence-corrected chi connectivity index (χ0v) is 12.8. The summed E-state index contributed by atoms with van der Waals surface area (Å²) in [6, 6.07) is 13.5. The average Bonchev–Trinajstić information content (AvgIpc) is 2.89. The van der Waals surface area contributed by atoms with E-state index in [4.69, 9.17) is 11.6 Å². The minimum atomic E-state index is -0.218. The van der Waals surface area contributed by atoms with Gasteiger partial charge in [-0.25, -0.2) is 4.39 Å². The second-order valence-corrected chi connectivity index (χ2v) is 6.07. The van der Waals surface area contributed by atoms with Crippen LogP contribution >= 0.6 is 11.6 Å². The molecule has 1 atom stereocenters. The van der Waals surface area contributed by atoms with Gasteiger partial charge in [0.15, 0.2) is 0 Å². The van der Waals surface area contributed by atoms with Crippen LogP contribution in [0.3, 0.4) is 0 Å². The molecule has 0 saturated carbocycles. The normalized spacial score (nSPS) is 16.0. The summed E-state index contributed by atoms with van der Waals surface area (Å²) in [4.78, 5) is 0. The molecule has 110 valence electrons. The highest BCUT2D eigenvalue weighted by molar-refractivity contribution is 6.30. The first-order valence-corrected chi connectivity index (χ1v) is 7.82. The van der Waals surface area contributed by atoms with E-state index in [0.29, 0.717) is 10.9 Å². The lowest BCUT2D eigenvalue weighted by Crippen LogP contribution is -2.29. The molecule has 0 radical (unpaired) electrons. The fourth-order valence-electron chi connectivity index (χ4n) is 3.33. The molecule has 3 heteroatoms. The highest BCUT2D eigenvalue weighted by Gasteiger charge is 2.30. The molecule has 1 aliphatic carbocycles. The third-order valence-electron chi connectivity index (χ3n) is 4.28. The Hall–Kier alpha value is -1.38. The first-order chi connectivity index (χ1) is 10.2. The van der Waals surface area contributed by atoms with E-state index in [-0.39, 0.29) is 11.9 Å². The van der Waals surface area contributed by atoms with Gasteiger partial charge in [0.2, 0.25) is 0 Å². The number of rotatable bonds is 4. The van der Waals surface area contributed by atoms with E-state index in [1.165, 1.54) is 17.2 Å². The molecule has 0 amide bonds. The molecule has 1 nitrogen and oxygen atoms in total. The first-order valence-electron chi connectivity index (χ1n) is 7.44. The van der Waals surface area contributed by atoms with Gasteiger partial charge < -0.3 is 5.32 Å². The van der Waals surface area contributed by atoms with Crippen molar-refractivity contribution >= 4 is 11.6 Å². The van der Waals surface area contributed by atoms with Crippen molar-refractivity contribution in [2.45, 2.75) is 25.8 Å². The van der Waals surface area contributed by atoms with E-state index in [0.717, 1.165) is 24.9 Å². The molecule has 0 aromatic heterocycles. The van der Waals surface area contributed by atoms with E-state index in [1.54, 1.807) is 6.07 Å². The summed E-state index contributed by atoms with van der Waals surface area (Å²) in [6.07, 6.45) is 1.99. The molecular formula is C18H19ClFN. The quantitative estimate of drug-likeness (QED) is 0.874. The Balaban J connectivity index is 1.89. The summed E-state index contributed by atoms with van der Waals surface area (Å²) in [7, 11) is 0. The Kier molecular flexibility index (Phi) is 4.27. The zero-order chi connectivity index (χ0) is 14.8. The van der Waals surface area contributed by atoms with Crippen LogP contribution in [0.15, 0.2) is 42.5 Å². The molecule has 2 aromatic carbocycles. The van der Waals surface area contributed by atoms with Crippen LogP contribution in [-0.2, 0) is 12.8 Å². The maximum atomic E-state index is 14.3. The molecule has 0 aliphatic heterocycles. The van der Waals surface area contributed by atoms with Crippen LogP contribution in [0.5, 0.6) is 0 Å². The van der Waals surface area contributed by atoms with Gasteiger partial charge in [-0.1, -0.05) is 48.9 Å². The summed E-state index contributed by atoms with van der Waals surface area (Å²) in [6.45, 7) is 2.88. The minimum Gasteiger partial charge on any atom is -0.310 e. The van der Waals surface area contributed by atoms with Crippen LogP contribution in [0.1, 0.15) is 29.7 Å². The van der Waals surface area contributed by atoms with E-state index < -0.39 is 0 Å². The lowest BCUT2D eigenvalue weighted by molar-refractivity contribution is 0.369. The predicted octanol–water partition coefficient (Wildman–Crippen LogP) is 4.54. The SMILES string of the molecule is CCNC(c1ccc(Cl)cc1F)C1Cc2ccccc2C1. The topological polar surface area (TPSA) is 12.0 Å². The Bertz CT molecular complexity index is 616. The van der Waals surface area contributed by atoms with Gasteiger partial charge in [0.25, 0.3) is 0 Å². The maximum Gasteiger partial charge on any atom is 0.129 e. The van der Waals surface area contributed by atoms with Crippen molar-refractivity contribution in [2.75, 3.05) is 6.54 Å². The monoisotopic (exact) mass is 303 g/mol. The van der Waals surface area contributed by atoms with Gasteiger partial charge in [-0.2, -0.15) is 0 Å². The molecule has 0 bridgehead atoms. The Morgan fingerprint density at radius 3 is 2.43 bits per heavy atom. The van der Waals surface area contributed by atoms with Gasteiger partial charge >= 0.3 is 0 Å². The number of halogens is 2. The van der Waals surface area contributed by atoms with Crippen LogP contribution in [0, 0.1) is 11.7 Å². The van der Waals surface area contributed by atoms with Crippen molar-refractivity contribution in [2.24, 2.45) is 5.92 Å². The van der Waals surface area contributed by atoms with Crippen molar-refractivity contribution in [1.29, 1.82) is 0 Å². The molecule has 0 spiro atoms. The predicted molar refractivity (Wildman–Crippen MR) is 85.2 cm³/mol. The smallest absolute Gasteiger partial charge is 0.129 e. The van der Waals surface area contributed by atoms with Crippen LogP contribution < -0.4 is 5.32 Å². The van der Waals surface area contributed by atoms with Gasteiger partial charge in [0, 0.05) is 16.6 Å². The Morgan fingerprint density at radius 1 is 1.19 bits per heavy atom. The van der Waals surface area contributed by atoms with Gasteiger partial charge in [-0.15, -0.1) is 0 Å². The second-order valence-electron chi connectivity index (χ2n) is 5.64. The molecular weight excluding hydrogens is 285 g/mol. The summed E-state index contributed by atoms with van der Waals surface area (Å²) >= 11 is 5.87. The molecule has 0 fully saturated rings. The average molecular weight is 304 g/mol. The number of fused-ring (bicyclic) bond motifs is 1. The van der Waals surface area contributed by atoms with Gasteiger partial charge in [0.05, 0.1) is 0 Å². The fourth-order valence-corrected chi connectivity index (χ4v) is 3.49. The third kappa shape index (κ3) is 2.97. The Labute approximate surface area is 130 Å². The molecule has 1 N–H and O–H groups in total. The van der Waals surface area contributed by atoms with Crippen molar-refractivity contribution in [3.8, 4) is 0 Å². The lowest BCUT2D eigenvalue weighted by atomic mass is 9.90. The third-order valence-corrected chi connectivity index (χ3v) is 4.51. The molecule has 1 aliphatic rings. The summed E-state index contributed by atoms with van der Waals surface area (Å²) in [5.74, 6) is 0.169. The zero-order valence-electron chi connectivity index (χ0n) is 12.1. The van der Waals surface area contributed by atoms with E-state index >= 15 is 0 Å². The van der Waals surface area contributed by atoms with Crippen molar-refractivity contribution in [1.82, 2.24) is 5.32 Å². The van der Waals surface area contributed by atoms with Gasteiger partial charge in [0.1, 0.15) is 5.82 Å². The van der Waals surface area contributed by atoms with E-state index in [9.17, 15) is 4.39 Å². The van der Waals surface area contributed by atoms with Gasteiger partial charge in [-0.05, 0) is 48.6 Å². The van der Waals surface area contributed by atoms with Gasteiger partial charge in [-0.3, -0.25) is 0 Å². The fraction of sp³-hybridized carbons (Fsp3) is 0.333. The largest absolute Gasteiger partial charge is 0.310 e. The molecule has 0 heterocycles. The minimum absolute atomic E-state index is 0.0275.